The summed E-state index contributed by atoms with van der Waals surface area (Å²) < 4.78 is 0.517. The molecule has 1 aliphatic heterocycles. The molecule has 1 saturated heterocycles. The van der Waals surface area contributed by atoms with Gasteiger partial charge in [-0.05, 0) is 30.2 Å². The molecule has 6 nitrogen and oxygen atoms in total. The van der Waals surface area contributed by atoms with E-state index >= 15 is 0 Å². The second kappa shape index (κ2) is 8.07. The fourth-order valence-corrected chi connectivity index (χ4v) is 3.15. The van der Waals surface area contributed by atoms with Crippen molar-refractivity contribution < 1.29 is 19.5 Å². The van der Waals surface area contributed by atoms with E-state index in [0.717, 1.165) is 5.56 Å². The summed E-state index contributed by atoms with van der Waals surface area (Å²) in [5.74, 6) is -1.27. The van der Waals surface area contributed by atoms with Crippen LogP contribution in [0.15, 0.2) is 29.2 Å². The summed E-state index contributed by atoms with van der Waals surface area (Å²) in [4.78, 5) is 36.2. The van der Waals surface area contributed by atoms with E-state index in [1.807, 2.05) is 0 Å². The number of thioether (sulfide) groups is 1. The van der Waals surface area contributed by atoms with Crippen LogP contribution in [0.5, 0.6) is 0 Å². The first-order valence-electron chi connectivity index (χ1n) is 7.20. The molecule has 0 aliphatic carbocycles. The molecule has 1 aliphatic rings. The lowest BCUT2D eigenvalue weighted by Crippen LogP contribution is -2.24. The predicted molar refractivity (Wildman–Crippen MR) is 96.6 cm³/mol. The predicted octanol–water partition coefficient (Wildman–Crippen LogP) is 2.11. The topological polar surface area (TPSA) is 86.7 Å². The number of carboxylic acid groups (broad SMARTS) is 1. The van der Waals surface area contributed by atoms with Crippen molar-refractivity contribution in [1.82, 2.24) is 10.2 Å². The number of nitrogens with zero attached hydrogens (tertiary/aromatic N) is 1. The molecule has 2 rings (SSSR count). The van der Waals surface area contributed by atoms with Crippen molar-refractivity contribution in [3.8, 4) is 0 Å². The Morgan fingerprint density at radius 2 is 2.00 bits per heavy atom. The minimum Gasteiger partial charge on any atom is -0.481 e. The fraction of sp³-hybridized carbons (Fsp3) is 0.250. The first-order chi connectivity index (χ1) is 11.4. The SMILES string of the molecule is CN1C(=O)C(=Cc2ccc(C(=O)NCCCC(=O)O)cc2)SC1=S. The largest absolute Gasteiger partial charge is 0.481 e. The van der Waals surface area contributed by atoms with Crippen LogP contribution in [-0.4, -0.2) is 45.7 Å². The average Bonchev–Trinajstić information content (AvgIpc) is 2.79. The molecule has 0 bridgehead atoms. The number of nitrogens with one attached hydrogen (secondary N) is 1. The Morgan fingerprint density at radius 3 is 2.54 bits per heavy atom. The number of carbonyl (C=O) groups excluding carboxylic acids is 2. The number of benzene rings is 1. The maximum absolute atomic E-state index is 11.9. The third-order valence-electron chi connectivity index (χ3n) is 3.31. The van der Waals surface area contributed by atoms with Crippen molar-refractivity contribution in [2.24, 2.45) is 0 Å². The van der Waals surface area contributed by atoms with Gasteiger partial charge in [-0.2, -0.15) is 0 Å². The quantitative estimate of drug-likeness (QED) is 0.457. The van der Waals surface area contributed by atoms with E-state index in [2.05, 4.69) is 5.32 Å². The number of likely N-dealkylation sites (N-methyl/N-ethyl adjacent to an activating group) is 1. The summed E-state index contributed by atoms with van der Waals surface area (Å²) in [6, 6.07) is 6.80. The Labute approximate surface area is 148 Å². The van der Waals surface area contributed by atoms with Gasteiger partial charge >= 0.3 is 5.97 Å². The van der Waals surface area contributed by atoms with Crippen LogP contribution in [-0.2, 0) is 9.59 Å². The summed E-state index contributed by atoms with van der Waals surface area (Å²) in [5, 5.41) is 11.2. The number of thiocarbonyl (C=S) groups is 1. The van der Waals surface area contributed by atoms with Crippen LogP contribution < -0.4 is 5.32 Å². The number of amides is 2. The first kappa shape index (κ1) is 18.2. The second-order valence-corrected chi connectivity index (χ2v) is 6.79. The number of hydrogen-bond donors (Lipinski definition) is 2. The zero-order valence-corrected chi connectivity index (χ0v) is 14.6. The summed E-state index contributed by atoms with van der Waals surface area (Å²) in [6.45, 7) is 0.311. The molecule has 24 heavy (non-hydrogen) atoms. The molecule has 1 aromatic carbocycles. The molecule has 1 aromatic rings. The number of hydrogen-bond acceptors (Lipinski definition) is 5. The minimum absolute atomic E-state index is 0.0226. The Kier molecular flexibility index (Phi) is 6.10. The Bertz CT molecular complexity index is 713. The third kappa shape index (κ3) is 4.65. The number of aliphatic carboxylic acids is 1. The van der Waals surface area contributed by atoms with Gasteiger partial charge in [-0.1, -0.05) is 36.1 Å². The van der Waals surface area contributed by atoms with Crippen LogP contribution in [0.4, 0.5) is 0 Å². The van der Waals surface area contributed by atoms with Crippen LogP contribution in [0, 0.1) is 0 Å². The zero-order valence-electron chi connectivity index (χ0n) is 12.9. The maximum Gasteiger partial charge on any atom is 0.303 e. The molecular formula is C16H16N2O4S2. The van der Waals surface area contributed by atoms with Crippen LogP contribution in [0.25, 0.3) is 6.08 Å². The van der Waals surface area contributed by atoms with E-state index in [0.29, 0.717) is 27.8 Å². The van der Waals surface area contributed by atoms with Crippen molar-refractivity contribution >= 4 is 52.2 Å². The van der Waals surface area contributed by atoms with Gasteiger partial charge in [0.15, 0.2) is 0 Å². The molecule has 1 fully saturated rings. The molecule has 126 valence electrons. The molecule has 0 spiro atoms. The van der Waals surface area contributed by atoms with Gasteiger partial charge in [-0.15, -0.1) is 0 Å². The lowest BCUT2D eigenvalue weighted by Gasteiger charge is -2.05. The molecule has 0 radical (unpaired) electrons. The van der Waals surface area contributed by atoms with Crippen LogP contribution >= 0.6 is 24.0 Å². The summed E-state index contributed by atoms with van der Waals surface area (Å²) in [5.41, 5.74) is 1.27. The molecule has 0 aromatic heterocycles. The standard InChI is InChI=1S/C16H16N2O4S2/c1-18-15(22)12(24-16(18)23)9-10-4-6-11(7-5-10)14(21)17-8-2-3-13(19)20/h4-7,9H,2-3,8H2,1H3,(H,17,21)(H,19,20). The highest BCUT2D eigenvalue weighted by Gasteiger charge is 2.28. The van der Waals surface area contributed by atoms with Gasteiger partial charge in [0, 0.05) is 25.6 Å². The van der Waals surface area contributed by atoms with Crippen LogP contribution in [0.3, 0.4) is 0 Å². The lowest BCUT2D eigenvalue weighted by atomic mass is 10.1. The van der Waals surface area contributed by atoms with Gasteiger partial charge in [0.25, 0.3) is 11.8 Å². The molecule has 1 heterocycles. The lowest BCUT2D eigenvalue weighted by molar-refractivity contribution is -0.137. The minimum atomic E-state index is -0.883. The smallest absolute Gasteiger partial charge is 0.303 e. The van der Waals surface area contributed by atoms with Crippen molar-refractivity contribution in [3.63, 3.8) is 0 Å². The molecule has 0 atom stereocenters. The Hall–Kier alpha value is -2.19. The summed E-state index contributed by atoms with van der Waals surface area (Å²) >= 11 is 6.32. The number of carboxylic acids is 1. The Morgan fingerprint density at radius 1 is 1.33 bits per heavy atom. The molecule has 0 unspecified atom stereocenters. The van der Waals surface area contributed by atoms with Crippen LogP contribution in [0.2, 0.25) is 0 Å². The molecule has 0 saturated carbocycles. The second-order valence-electron chi connectivity index (χ2n) is 5.12. The highest BCUT2D eigenvalue weighted by molar-refractivity contribution is 8.26. The van der Waals surface area contributed by atoms with Gasteiger partial charge < -0.3 is 10.4 Å². The van der Waals surface area contributed by atoms with Crippen molar-refractivity contribution in [2.45, 2.75) is 12.8 Å². The molecule has 2 N–H and O–H groups in total. The highest BCUT2D eigenvalue weighted by Crippen LogP contribution is 2.31. The van der Waals surface area contributed by atoms with Gasteiger partial charge in [0.1, 0.15) is 4.32 Å². The maximum atomic E-state index is 11.9. The van der Waals surface area contributed by atoms with E-state index in [1.165, 1.54) is 16.7 Å². The zero-order chi connectivity index (χ0) is 17.7. The highest BCUT2D eigenvalue weighted by atomic mass is 32.2. The normalized spacial score (nSPS) is 15.9. The van der Waals surface area contributed by atoms with Crippen molar-refractivity contribution in [1.29, 1.82) is 0 Å². The first-order valence-corrected chi connectivity index (χ1v) is 8.42. The molecule has 8 heteroatoms. The molecular weight excluding hydrogens is 348 g/mol. The summed E-state index contributed by atoms with van der Waals surface area (Å²) in [6.07, 6.45) is 2.14. The van der Waals surface area contributed by atoms with Gasteiger partial charge in [-0.25, -0.2) is 0 Å². The average molecular weight is 364 g/mol. The van der Waals surface area contributed by atoms with Crippen LogP contribution in [0.1, 0.15) is 28.8 Å². The fourth-order valence-electron chi connectivity index (χ4n) is 1.97. The third-order valence-corrected chi connectivity index (χ3v) is 4.79. The van der Waals surface area contributed by atoms with E-state index in [4.69, 9.17) is 17.3 Å². The van der Waals surface area contributed by atoms with E-state index in [9.17, 15) is 14.4 Å². The van der Waals surface area contributed by atoms with E-state index < -0.39 is 5.97 Å². The van der Waals surface area contributed by atoms with Crippen molar-refractivity contribution in [2.75, 3.05) is 13.6 Å². The Balaban J connectivity index is 1.96. The van der Waals surface area contributed by atoms with E-state index in [-0.39, 0.29) is 18.2 Å². The number of carbonyl (C=O) groups is 3. The summed E-state index contributed by atoms with van der Waals surface area (Å²) in [7, 11) is 1.64. The van der Waals surface area contributed by atoms with Gasteiger partial charge in [-0.3, -0.25) is 19.3 Å². The van der Waals surface area contributed by atoms with Gasteiger partial charge in [0.05, 0.1) is 4.91 Å². The monoisotopic (exact) mass is 364 g/mol. The number of rotatable bonds is 6. The van der Waals surface area contributed by atoms with Crippen molar-refractivity contribution in [3.05, 3.63) is 40.3 Å². The van der Waals surface area contributed by atoms with Gasteiger partial charge in [0.2, 0.25) is 0 Å². The molecule has 2 amide bonds. The van der Waals surface area contributed by atoms with E-state index in [1.54, 1.807) is 37.4 Å².